The highest BCUT2D eigenvalue weighted by atomic mass is 16.5. The zero-order valence-corrected chi connectivity index (χ0v) is 12.9. The van der Waals surface area contributed by atoms with Gasteiger partial charge in [0.1, 0.15) is 0 Å². The van der Waals surface area contributed by atoms with Crippen molar-refractivity contribution in [1.29, 1.82) is 0 Å². The lowest BCUT2D eigenvalue weighted by Crippen LogP contribution is -2.25. The molecule has 0 saturated heterocycles. The van der Waals surface area contributed by atoms with Gasteiger partial charge in [0.2, 0.25) is 0 Å². The Balaban J connectivity index is 3.91. The van der Waals surface area contributed by atoms with Crippen molar-refractivity contribution in [2.45, 2.75) is 40.0 Å². The van der Waals surface area contributed by atoms with E-state index in [0.717, 1.165) is 32.4 Å². The van der Waals surface area contributed by atoms with Crippen LogP contribution in [0.4, 0.5) is 0 Å². The summed E-state index contributed by atoms with van der Waals surface area (Å²) >= 11 is 0. The van der Waals surface area contributed by atoms with E-state index in [1.54, 1.807) is 0 Å². The lowest BCUT2D eigenvalue weighted by molar-refractivity contribution is -0.147. The number of carbonyl (C=O) groups is 1. The first-order valence-electron chi connectivity index (χ1n) is 7.12. The highest BCUT2D eigenvalue weighted by molar-refractivity contribution is 5.71. The van der Waals surface area contributed by atoms with Crippen LogP contribution >= 0.6 is 0 Å². The number of unbranched alkanes of at least 4 members (excludes halogenated alkanes) is 1. The first-order valence-corrected chi connectivity index (χ1v) is 7.12. The molecule has 0 aliphatic heterocycles. The maximum absolute atomic E-state index is 11.5. The molecule has 0 rings (SSSR count). The standard InChI is InChI=1S/C16H29NO2/c1-6-8-9-10-14(3)13-17(5)12-11-15(4)16(18)19-7-2/h6,10,15H,1,7-9,11-13H2,2-5H3. The molecule has 0 aromatic heterocycles. The quantitative estimate of drug-likeness (QED) is 0.345. The number of nitrogens with zero attached hydrogens (tertiary/aromatic N) is 1. The van der Waals surface area contributed by atoms with Gasteiger partial charge in [0.25, 0.3) is 0 Å². The molecule has 1 atom stereocenters. The second-order valence-corrected chi connectivity index (χ2v) is 5.10. The van der Waals surface area contributed by atoms with Crippen LogP contribution in [0.25, 0.3) is 0 Å². The van der Waals surface area contributed by atoms with E-state index in [4.69, 9.17) is 4.74 Å². The fourth-order valence-electron chi connectivity index (χ4n) is 1.83. The molecule has 0 spiro atoms. The molecule has 0 aromatic rings. The van der Waals surface area contributed by atoms with Crippen molar-refractivity contribution in [3.8, 4) is 0 Å². The van der Waals surface area contributed by atoms with E-state index >= 15 is 0 Å². The normalized spacial score (nSPS) is 13.4. The van der Waals surface area contributed by atoms with E-state index < -0.39 is 0 Å². The molecule has 0 bridgehead atoms. The van der Waals surface area contributed by atoms with Crippen LogP contribution in [-0.2, 0) is 9.53 Å². The van der Waals surface area contributed by atoms with Crippen molar-refractivity contribution in [3.05, 3.63) is 24.3 Å². The Labute approximate surface area is 118 Å². The van der Waals surface area contributed by atoms with Crippen LogP contribution in [0.5, 0.6) is 0 Å². The van der Waals surface area contributed by atoms with Gasteiger partial charge >= 0.3 is 5.97 Å². The highest BCUT2D eigenvalue weighted by Crippen LogP contribution is 2.07. The van der Waals surface area contributed by atoms with E-state index in [9.17, 15) is 4.79 Å². The molecule has 0 aromatic carbocycles. The Kier molecular flexibility index (Phi) is 10.2. The number of esters is 1. The Morgan fingerprint density at radius 2 is 2.11 bits per heavy atom. The van der Waals surface area contributed by atoms with Crippen molar-refractivity contribution in [3.63, 3.8) is 0 Å². The average molecular weight is 267 g/mol. The van der Waals surface area contributed by atoms with Crippen LogP contribution in [0, 0.1) is 5.92 Å². The van der Waals surface area contributed by atoms with E-state index in [1.807, 2.05) is 19.9 Å². The van der Waals surface area contributed by atoms with Crippen LogP contribution in [0.1, 0.15) is 40.0 Å². The third kappa shape index (κ3) is 9.48. The molecule has 0 aliphatic carbocycles. The number of ether oxygens (including phenoxy) is 1. The second kappa shape index (κ2) is 10.8. The van der Waals surface area contributed by atoms with Crippen molar-refractivity contribution in [2.24, 2.45) is 5.92 Å². The van der Waals surface area contributed by atoms with Gasteiger partial charge in [0.15, 0.2) is 0 Å². The average Bonchev–Trinajstić information content (AvgIpc) is 2.36. The molecule has 3 heteroatoms. The van der Waals surface area contributed by atoms with Crippen LogP contribution < -0.4 is 0 Å². The molecule has 0 heterocycles. The van der Waals surface area contributed by atoms with Gasteiger partial charge in [0.05, 0.1) is 12.5 Å². The van der Waals surface area contributed by atoms with Crippen molar-refractivity contribution in [1.82, 2.24) is 4.90 Å². The van der Waals surface area contributed by atoms with Gasteiger partial charge in [0, 0.05) is 6.54 Å². The van der Waals surface area contributed by atoms with Gasteiger partial charge in [-0.15, -0.1) is 6.58 Å². The summed E-state index contributed by atoms with van der Waals surface area (Å²) in [4.78, 5) is 13.7. The third-order valence-electron chi connectivity index (χ3n) is 3.02. The van der Waals surface area contributed by atoms with Gasteiger partial charge in [-0.2, -0.15) is 0 Å². The van der Waals surface area contributed by atoms with Crippen molar-refractivity contribution >= 4 is 5.97 Å². The van der Waals surface area contributed by atoms with Crippen LogP contribution in [-0.4, -0.2) is 37.6 Å². The zero-order valence-electron chi connectivity index (χ0n) is 12.9. The van der Waals surface area contributed by atoms with Crippen molar-refractivity contribution < 1.29 is 9.53 Å². The summed E-state index contributed by atoms with van der Waals surface area (Å²) in [5.74, 6) is -0.110. The maximum atomic E-state index is 11.5. The van der Waals surface area contributed by atoms with Gasteiger partial charge in [-0.05, 0) is 46.7 Å². The van der Waals surface area contributed by atoms with Crippen LogP contribution in [0.3, 0.4) is 0 Å². The Hall–Kier alpha value is -1.09. The van der Waals surface area contributed by atoms with E-state index in [1.165, 1.54) is 5.57 Å². The summed E-state index contributed by atoms with van der Waals surface area (Å²) in [5, 5.41) is 0. The number of rotatable bonds is 10. The number of likely N-dealkylation sites (N-methyl/N-ethyl adjacent to an activating group) is 1. The molecular formula is C16H29NO2. The second-order valence-electron chi connectivity index (χ2n) is 5.10. The zero-order chi connectivity index (χ0) is 14.7. The van der Waals surface area contributed by atoms with Gasteiger partial charge in [-0.3, -0.25) is 4.79 Å². The number of allylic oxidation sites excluding steroid dienone is 2. The largest absolute Gasteiger partial charge is 0.466 e. The number of hydrogen-bond donors (Lipinski definition) is 0. The Bertz CT molecular complexity index is 297. The smallest absolute Gasteiger partial charge is 0.308 e. The fraction of sp³-hybridized carbons (Fsp3) is 0.688. The number of hydrogen-bond acceptors (Lipinski definition) is 3. The summed E-state index contributed by atoms with van der Waals surface area (Å²) in [6.07, 6.45) is 7.13. The summed E-state index contributed by atoms with van der Waals surface area (Å²) in [5.41, 5.74) is 1.37. The lowest BCUT2D eigenvalue weighted by Gasteiger charge is -2.19. The minimum absolute atomic E-state index is 0.0209. The molecule has 0 N–H and O–H groups in total. The maximum Gasteiger partial charge on any atom is 0.308 e. The molecule has 1 unspecified atom stereocenters. The van der Waals surface area contributed by atoms with Crippen LogP contribution in [0.2, 0.25) is 0 Å². The minimum atomic E-state index is -0.0888. The van der Waals surface area contributed by atoms with Crippen molar-refractivity contribution in [2.75, 3.05) is 26.7 Å². The lowest BCUT2D eigenvalue weighted by atomic mass is 10.1. The highest BCUT2D eigenvalue weighted by Gasteiger charge is 2.14. The summed E-state index contributed by atoms with van der Waals surface area (Å²) < 4.78 is 5.00. The third-order valence-corrected chi connectivity index (χ3v) is 3.02. The minimum Gasteiger partial charge on any atom is -0.466 e. The predicted molar refractivity (Wildman–Crippen MR) is 81.1 cm³/mol. The summed E-state index contributed by atoms with van der Waals surface area (Å²) in [6.45, 7) is 12.0. The molecule has 0 radical (unpaired) electrons. The molecule has 19 heavy (non-hydrogen) atoms. The Morgan fingerprint density at radius 1 is 1.42 bits per heavy atom. The molecule has 3 nitrogen and oxygen atoms in total. The Morgan fingerprint density at radius 3 is 2.68 bits per heavy atom. The van der Waals surface area contributed by atoms with E-state index in [2.05, 4.69) is 31.5 Å². The van der Waals surface area contributed by atoms with E-state index in [0.29, 0.717) is 6.61 Å². The first-order chi connectivity index (χ1) is 9.01. The molecule has 110 valence electrons. The molecule has 0 aliphatic rings. The van der Waals surface area contributed by atoms with Crippen LogP contribution in [0.15, 0.2) is 24.3 Å². The van der Waals surface area contributed by atoms with E-state index in [-0.39, 0.29) is 11.9 Å². The molecular weight excluding hydrogens is 238 g/mol. The predicted octanol–water partition coefficient (Wildman–Crippen LogP) is 3.42. The monoisotopic (exact) mass is 267 g/mol. The molecule has 0 amide bonds. The number of carbonyl (C=O) groups excluding carboxylic acids is 1. The fourth-order valence-corrected chi connectivity index (χ4v) is 1.83. The topological polar surface area (TPSA) is 29.5 Å². The van der Waals surface area contributed by atoms with Gasteiger partial charge < -0.3 is 9.64 Å². The summed E-state index contributed by atoms with van der Waals surface area (Å²) in [6, 6.07) is 0. The van der Waals surface area contributed by atoms with Gasteiger partial charge in [-0.25, -0.2) is 0 Å². The molecule has 0 fully saturated rings. The summed E-state index contributed by atoms with van der Waals surface area (Å²) in [7, 11) is 2.09. The van der Waals surface area contributed by atoms with Gasteiger partial charge in [-0.1, -0.05) is 24.6 Å². The molecule has 0 saturated carbocycles. The SMILES string of the molecule is C=CCCC=C(C)CN(C)CCC(C)C(=O)OCC. The first kappa shape index (κ1) is 17.9.